The molecule has 2 rings (SSSR count). The topological polar surface area (TPSA) is 98.1 Å². The summed E-state index contributed by atoms with van der Waals surface area (Å²) in [5.41, 5.74) is 10.9. The van der Waals surface area contributed by atoms with Crippen LogP contribution in [-0.2, 0) is 4.79 Å². The predicted octanol–water partition coefficient (Wildman–Crippen LogP) is -0.568. The van der Waals surface area contributed by atoms with Gasteiger partial charge in [0, 0.05) is 13.0 Å². The summed E-state index contributed by atoms with van der Waals surface area (Å²) < 4.78 is 0. The first-order chi connectivity index (χ1) is 6.70. The van der Waals surface area contributed by atoms with Crippen molar-refractivity contribution in [1.82, 2.24) is 10.2 Å². The maximum absolute atomic E-state index is 11.5. The van der Waals surface area contributed by atoms with Crippen LogP contribution < -0.4 is 16.4 Å². The van der Waals surface area contributed by atoms with Crippen molar-refractivity contribution in [2.45, 2.75) is 6.42 Å². The van der Waals surface area contributed by atoms with Crippen molar-refractivity contribution in [2.75, 3.05) is 23.7 Å². The first-order valence-corrected chi connectivity index (χ1v) is 5.11. The fraction of sp³-hybridized carbons (Fsp3) is 0.571. The van der Waals surface area contributed by atoms with Gasteiger partial charge in [0.25, 0.3) is 0 Å². The van der Waals surface area contributed by atoms with E-state index in [0.29, 0.717) is 29.8 Å². The molecule has 1 aromatic rings. The highest BCUT2D eigenvalue weighted by Crippen LogP contribution is 2.27. The molecule has 14 heavy (non-hydrogen) atoms. The molecule has 0 saturated carbocycles. The van der Waals surface area contributed by atoms with Gasteiger partial charge in [0.2, 0.25) is 16.2 Å². The number of nitrogens with two attached hydrogens (primary N) is 2. The molecule has 2 heterocycles. The van der Waals surface area contributed by atoms with Crippen molar-refractivity contribution in [3.05, 3.63) is 0 Å². The van der Waals surface area contributed by atoms with Gasteiger partial charge in [-0.25, -0.2) is 0 Å². The van der Waals surface area contributed by atoms with E-state index in [-0.39, 0.29) is 11.8 Å². The molecule has 1 atom stereocenters. The lowest BCUT2D eigenvalue weighted by molar-refractivity contribution is -0.117. The van der Waals surface area contributed by atoms with Crippen LogP contribution in [0, 0.1) is 5.92 Å². The molecule has 0 aliphatic carbocycles. The molecular formula is C7H11N5OS. The van der Waals surface area contributed by atoms with Gasteiger partial charge in [0.15, 0.2) is 0 Å². The van der Waals surface area contributed by atoms with E-state index >= 15 is 0 Å². The number of amides is 1. The maximum atomic E-state index is 11.5. The summed E-state index contributed by atoms with van der Waals surface area (Å²) in [6.07, 6.45) is 0.496. The number of nitrogen functional groups attached to an aromatic ring is 1. The molecule has 1 aliphatic rings. The number of hydrogen-bond acceptors (Lipinski definition) is 6. The van der Waals surface area contributed by atoms with E-state index in [0.717, 1.165) is 0 Å². The summed E-state index contributed by atoms with van der Waals surface area (Å²) in [6, 6.07) is 0. The molecule has 1 aliphatic heterocycles. The highest BCUT2D eigenvalue weighted by atomic mass is 32.1. The maximum Gasteiger partial charge on any atom is 0.229 e. The summed E-state index contributed by atoms with van der Waals surface area (Å²) in [7, 11) is 0. The third-order valence-corrected chi connectivity index (χ3v) is 2.97. The zero-order chi connectivity index (χ0) is 10.1. The number of rotatable bonds is 2. The smallest absolute Gasteiger partial charge is 0.229 e. The van der Waals surface area contributed by atoms with Gasteiger partial charge in [-0.2, -0.15) is 0 Å². The number of aromatic nitrogens is 2. The van der Waals surface area contributed by atoms with E-state index in [1.54, 1.807) is 4.90 Å². The van der Waals surface area contributed by atoms with Gasteiger partial charge in [-0.15, -0.1) is 10.2 Å². The van der Waals surface area contributed by atoms with Crippen LogP contribution in [0.3, 0.4) is 0 Å². The van der Waals surface area contributed by atoms with E-state index < -0.39 is 0 Å². The van der Waals surface area contributed by atoms with E-state index in [9.17, 15) is 4.79 Å². The molecular weight excluding hydrogens is 202 g/mol. The van der Waals surface area contributed by atoms with Crippen molar-refractivity contribution in [1.29, 1.82) is 0 Å². The van der Waals surface area contributed by atoms with Crippen LogP contribution in [0.15, 0.2) is 0 Å². The van der Waals surface area contributed by atoms with Crippen molar-refractivity contribution >= 4 is 27.5 Å². The Hall–Kier alpha value is -1.21. The minimum atomic E-state index is 0.0524. The van der Waals surface area contributed by atoms with Gasteiger partial charge in [0.05, 0.1) is 0 Å². The Balaban J connectivity index is 2.16. The SMILES string of the molecule is NCC1CC(=O)N(c2nnc(N)s2)C1. The molecule has 0 bridgehead atoms. The largest absolute Gasteiger partial charge is 0.374 e. The van der Waals surface area contributed by atoms with Gasteiger partial charge in [-0.3, -0.25) is 9.69 Å². The predicted molar refractivity (Wildman–Crippen MR) is 53.8 cm³/mol. The summed E-state index contributed by atoms with van der Waals surface area (Å²) in [6.45, 7) is 1.15. The Bertz CT molecular complexity index is 352. The number of nitrogens with zero attached hydrogens (tertiary/aromatic N) is 3. The lowest BCUT2D eigenvalue weighted by Gasteiger charge is -2.10. The summed E-state index contributed by atoms with van der Waals surface area (Å²) in [4.78, 5) is 13.1. The van der Waals surface area contributed by atoms with Crippen molar-refractivity contribution in [3.63, 3.8) is 0 Å². The highest BCUT2D eigenvalue weighted by Gasteiger charge is 2.31. The Morgan fingerprint density at radius 3 is 2.86 bits per heavy atom. The average Bonchev–Trinajstić information content (AvgIpc) is 2.71. The standard InChI is InChI=1S/C7H11N5OS/c8-2-4-1-5(13)12(3-4)7-11-10-6(9)14-7/h4H,1-3,8H2,(H2,9,10). The Kier molecular flexibility index (Phi) is 2.34. The van der Waals surface area contributed by atoms with Gasteiger partial charge in [-0.1, -0.05) is 11.3 Å². The molecule has 1 fully saturated rings. The quantitative estimate of drug-likeness (QED) is 0.685. The van der Waals surface area contributed by atoms with E-state index in [1.165, 1.54) is 11.3 Å². The van der Waals surface area contributed by atoms with Gasteiger partial charge in [-0.05, 0) is 12.5 Å². The van der Waals surface area contributed by atoms with E-state index in [2.05, 4.69) is 10.2 Å². The molecule has 1 saturated heterocycles. The van der Waals surface area contributed by atoms with Crippen LogP contribution in [0.25, 0.3) is 0 Å². The van der Waals surface area contributed by atoms with Crippen LogP contribution in [0.5, 0.6) is 0 Å². The zero-order valence-electron chi connectivity index (χ0n) is 7.51. The van der Waals surface area contributed by atoms with Crippen LogP contribution in [-0.4, -0.2) is 29.2 Å². The summed E-state index contributed by atoms with van der Waals surface area (Å²) in [5.74, 6) is 0.282. The Morgan fingerprint density at radius 1 is 1.57 bits per heavy atom. The molecule has 1 aromatic heterocycles. The Labute approximate surface area is 84.9 Å². The molecule has 0 aromatic carbocycles. The molecule has 4 N–H and O–H groups in total. The van der Waals surface area contributed by atoms with Crippen molar-refractivity contribution < 1.29 is 4.79 Å². The van der Waals surface area contributed by atoms with E-state index in [1.807, 2.05) is 0 Å². The fourth-order valence-corrected chi connectivity index (χ4v) is 2.10. The van der Waals surface area contributed by atoms with Crippen LogP contribution in [0.1, 0.15) is 6.42 Å². The zero-order valence-corrected chi connectivity index (χ0v) is 8.33. The first kappa shape index (κ1) is 9.35. The van der Waals surface area contributed by atoms with Crippen LogP contribution >= 0.6 is 11.3 Å². The normalized spacial score (nSPS) is 21.9. The van der Waals surface area contributed by atoms with Gasteiger partial charge in [0.1, 0.15) is 0 Å². The first-order valence-electron chi connectivity index (χ1n) is 4.30. The number of carbonyl (C=O) groups excluding carboxylic acids is 1. The number of hydrogen-bond donors (Lipinski definition) is 2. The van der Waals surface area contributed by atoms with Gasteiger partial charge < -0.3 is 11.5 Å². The average molecular weight is 213 g/mol. The summed E-state index contributed by atoms with van der Waals surface area (Å²) in [5, 5.41) is 8.44. The van der Waals surface area contributed by atoms with Crippen LogP contribution in [0.4, 0.5) is 10.3 Å². The van der Waals surface area contributed by atoms with Crippen molar-refractivity contribution in [2.24, 2.45) is 11.7 Å². The second-order valence-corrected chi connectivity index (χ2v) is 4.22. The molecule has 0 spiro atoms. The summed E-state index contributed by atoms with van der Waals surface area (Å²) >= 11 is 1.22. The molecule has 7 heteroatoms. The van der Waals surface area contributed by atoms with E-state index in [4.69, 9.17) is 11.5 Å². The number of anilines is 2. The monoisotopic (exact) mass is 213 g/mol. The fourth-order valence-electron chi connectivity index (χ4n) is 1.46. The lowest BCUT2D eigenvalue weighted by atomic mass is 10.1. The molecule has 76 valence electrons. The van der Waals surface area contributed by atoms with Gasteiger partial charge >= 0.3 is 0 Å². The molecule has 0 radical (unpaired) electrons. The third kappa shape index (κ3) is 1.55. The van der Waals surface area contributed by atoms with Crippen molar-refractivity contribution in [3.8, 4) is 0 Å². The minimum absolute atomic E-state index is 0.0524. The number of carbonyl (C=O) groups is 1. The molecule has 6 nitrogen and oxygen atoms in total. The van der Waals surface area contributed by atoms with Crippen LogP contribution in [0.2, 0.25) is 0 Å². The lowest BCUT2D eigenvalue weighted by Crippen LogP contribution is -2.25. The Morgan fingerprint density at radius 2 is 2.36 bits per heavy atom. The highest BCUT2D eigenvalue weighted by molar-refractivity contribution is 7.19. The second-order valence-electron chi connectivity index (χ2n) is 3.23. The molecule has 1 amide bonds. The third-order valence-electron chi connectivity index (χ3n) is 2.20. The minimum Gasteiger partial charge on any atom is -0.374 e. The molecule has 1 unspecified atom stereocenters. The second kappa shape index (κ2) is 3.50.